The lowest BCUT2D eigenvalue weighted by atomic mass is 9.93. The summed E-state index contributed by atoms with van der Waals surface area (Å²) in [6, 6.07) is 11.7. The zero-order valence-corrected chi connectivity index (χ0v) is 20.9. The van der Waals surface area contributed by atoms with Gasteiger partial charge in [0, 0.05) is 24.0 Å². The molecule has 2 aliphatic rings. The van der Waals surface area contributed by atoms with Gasteiger partial charge in [-0.25, -0.2) is 5.01 Å². The van der Waals surface area contributed by atoms with Crippen molar-refractivity contribution in [2.24, 2.45) is 16.8 Å². The molecule has 8 heteroatoms. The molecule has 1 atom stereocenters. The molecule has 0 radical (unpaired) electrons. The van der Waals surface area contributed by atoms with E-state index in [1.165, 1.54) is 5.56 Å². The first-order chi connectivity index (χ1) is 16.8. The molecule has 0 aliphatic carbocycles. The molecule has 0 spiro atoms. The molecule has 186 valence electrons. The van der Waals surface area contributed by atoms with Gasteiger partial charge in [-0.15, -0.1) is 0 Å². The molecule has 1 saturated heterocycles. The molecule has 0 aromatic heterocycles. The second kappa shape index (κ2) is 10.5. The second-order valence-electron chi connectivity index (χ2n) is 9.38. The van der Waals surface area contributed by atoms with Crippen LogP contribution in [0.3, 0.4) is 0 Å². The standard InChI is InChI=1S/C27H34N4O4/c1-17-5-7-21(18(2)13-17)24-15-23(22-8-6-20(34-3)14-25(22)35-4)29-31(24)26(32)16-30-11-9-19(10-12-30)27(28)33/h5-8,13-14,19,24H,9-12,15-16H2,1-4H3,(H2,28,33)/t24-/m1/s1. The van der Waals surface area contributed by atoms with E-state index in [9.17, 15) is 9.59 Å². The monoisotopic (exact) mass is 478 g/mol. The van der Waals surface area contributed by atoms with Crippen molar-refractivity contribution < 1.29 is 19.1 Å². The number of hydrazone groups is 1. The lowest BCUT2D eigenvalue weighted by Crippen LogP contribution is -2.44. The van der Waals surface area contributed by atoms with Crippen molar-refractivity contribution in [3.63, 3.8) is 0 Å². The number of nitrogens with zero attached hydrogens (tertiary/aromatic N) is 3. The van der Waals surface area contributed by atoms with E-state index in [0.29, 0.717) is 43.9 Å². The van der Waals surface area contributed by atoms with Gasteiger partial charge in [0.15, 0.2) is 0 Å². The van der Waals surface area contributed by atoms with Crippen LogP contribution in [0.2, 0.25) is 0 Å². The number of methoxy groups -OCH3 is 2. The van der Waals surface area contributed by atoms with Crippen LogP contribution in [-0.2, 0) is 9.59 Å². The molecule has 2 heterocycles. The van der Waals surface area contributed by atoms with Crippen LogP contribution in [0.15, 0.2) is 41.5 Å². The SMILES string of the molecule is COc1ccc(C2=NN(C(=O)CN3CCC(C(N)=O)CC3)[C@@H](c3ccc(C)cc3C)C2)c(OC)c1. The third-order valence-corrected chi connectivity index (χ3v) is 7.02. The number of rotatable bonds is 7. The maximum absolute atomic E-state index is 13.6. The summed E-state index contributed by atoms with van der Waals surface area (Å²) in [5, 5.41) is 6.47. The number of nitrogens with two attached hydrogens (primary N) is 1. The van der Waals surface area contributed by atoms with Crippen LogP contribution < -0.4 is 15.2 Å². The van der Waals surface area contributed by atoms with Crippen molar-refractivity contribution in [1.29, 1.82) is 0 Å². The van der Waals surface area contributed by atoms with Crippen LogP contribution in [0.5, 0.6) is 11.5 Å². The summed E-state index contributed by atoms with van der Waals surface area (Å²) in [4.78, 5) is 27.1. The average molecular weight is 479 g/mol. The number of piperidine rings is 1. The van der Waals surface area contributed by atoms with Crippen molar-refractivity contribution in [2.45, 2.75) is 39.2 Å². The first kappa shape index (κ1) is 24.7. The molecule has 4 rings (SSSR count). The number of hydrogen-bond acceptors (Lipinski definition) is 6. The van der Waals surface area contributed by atoms with E-state index in [-0.39, 0.29) is 30.3 Å². The molecule has 2 N–H and O–H groups in total. The summed E-state index contributed by atoms with van der Waals surface area (Å²) in [7, 11) is 3.23. The molecule has 2 aromatic rings. The van der Waals surface area contributed by atoms with E-state index in [1.807, 2.05) is 18.2 Å². The Kier molecular flexibility index (Phi) is 7.40. The molecule has 8 nitrogen and oxygen atoms in total. The highest BCUT2D eigenvalue weighted by Gasteiger charge is 2.36. The number of carbonyl (C=O) groups is 2. The average Bonchev–Trinajstić information content (AvgIpc) is 3.29. The molecular weight excluding hydrogens is 444 g/mol. The Morgan fingerprint density at radius 2 is 1.80 bits per heavy atom. The molecule has 2 aliphatic heterocycles. The van der Waals surface area contributed by atoms with Gasteiger partial charge < -0.3 is 15.2 Å². The Morgan fingerprint density at radius 1 is 1.06 bits per heavy atom. The summed E-state index contributed by atoms with van der Waals surface area (Å²) in [5.74, 6) is 0.930. The van der Waals surface area contributed by atoms with Gasteiger partial charge in [-0.1, -0.05) is 23.8 Å². The lowest BCUT2D eigenvalue weighted by molar-refractivity contribution is -0.134. The van der Waals surface area contributed by atoms with Gasteiger partial charge in [-0.2, -0.15) is 5.10 Å². The lowest BCUT2D eigenvalue weighted by Gasteiger charge is -2.32. The number of carbonyl (C=O) groups excluding carboxylic acids is 2. The minimum Gasteiger partial charge on any atom is -0.497 e. The summed E-state index contributed by atoms with van der Waals surface area (Å²) in [5.41, 5.74) is 10.5. The Labute approximate surface area is 206 Å². The van der Waals surface area contributed by atoms with Gasteiger partial charge >= 0.3 is 0 Å². The number of primary amides is 1. The van der Waals surface area contributed by atoms with E-state index in [0.717, 1.165) is 22.4 Å². The molecule has 0 unspecified atom stereocenters. The molecule has 2 amide bonds. The van der Waals surface area contributed by atoms with Crippen molar-refractivity contribution in [2.75, 3.05) is 33.9 Å². The second-order valence-corrected chi connectivity index (χ2v) is 9.38. The summed E-state index contributed by atoms with van der Waals surface area (Å²) >= 11 is 0. The quantitative estimate of drug-likeness (QED) is 0.659. The summed E-state index contributed by atoms with van der Waals surface area (Å²) < 4.78 is 11.0. The fraction of sp³-hybridized carbons (Fsp3) is 0.444. The summed E-state index contributed by atoms with van der Waals surface area (Å²) in [6.45, 7) is 5.73. The number of amides is 2. The zero-order valence-electron chi connectivity index (χ0n) is 20.9. The van der Waals surface area contributed by atoms with Crippen LogP contribution in [0, 0.1) is 19.8 Å². The fourth-order valence-corrected chi connectivity index (χ4v) is 5.02. The van der Waals surface area contributed by atoms with Crippen molar-refractivity contribution in [3.8, 4) is 11.5 Å². The van der Waals surface area contributed by atoms with Crippen molar-refractivity contribution >= 4 is 17.5 Å². The highest BCUT2D eigenvalue weighted by atomic mass is 16.5. The third kappa shape index (κ3) is 5.32. The first-order valence-corrected chi connectivity index (χ1v) is 12.0. The number of ether oxygens (including phenoxy) is 2. The van der Waals surface area contributed by atoms with Crippen LogP contribution in [-0.4, -0.2) is 61.3 Å². The van der Waals surface area contributed by atoms with Gasteiger partial charge in [0.05, 0.1) is 32.5 Å². The maximum atomic E-state index is 13.6. The predicted octanol–water partition coefficient (Wildman–Crippen LogP) is 3.20. The van der Waals surface area contributed by atoms with Gasteiger partial charge in [0.25, 0.3) is 5.91 Å². The Hall–Kier alpha value is -3.39. The third-order valence-electron chi connectivity index (χ3n) is 7.02. The molecule has 35 heavy (non-hydrogen) atoms. The summed E-state index contributed by atoms with van der Waals surface area (Å²) in [6.07, 6.45) is 1.95. The predicted molar refractivity (Wildman–Crippen MR) is 135 cm³/mol. The van der Waals surface area contributed by atoms with Crippen molar-refractivity contribution in [3.05, 3.63) is 58.7 Å². The molecule has 0 bridgehead atoms. The maximum Gasteiger partial charge on any atom is 0.257 e. The molecule has 1 fully saturated rings. The zero-order chi connectivity index (χ0) is 25.1. The Morgan fingerprint density at radius 3 is 2.43 bits per heavy atom. The van der Waals surface area contributed by atoms with Crippen molar-refractivity contribution in [1.82, 2.24) is 9.91 Å². The topological polar surface area (TPSA) is 97.5 Å². The minimum atomic E-state index is -0.256. The Balaban J connectivity index is 1.62. The van der Waals surface area contributed by atoms with Gasteiger partial charge in [-0.3, -0.25) is 14.5 Å². The van der Waals surface area contributed by atoms with Gasteiger partial charge in [0.1, 0.15) is 11.5 Å². The molecule has 0 saturated carbocycles. The van der Waals surface area contributed by atoms with E-state index in [4.69, 9.17) is 20.3 Å². The number of hydrogen-bond donors (Lipinski definition) is 1. The number of aryl methyl sites for hydroxylation is 2. The fourth-order valence-electron chi connectivity index (χ4n) is 5.02. The Bertz CT molecular complexity index is 1140. The van der Waals surface area contributed by atoms with E-state index >= 15 is 0 Å². The highest BCUT2D eigenvalue weighted by Crippen LogP contribution is 2.37. The largest absolute Gasteiger partial charge is 0.497 e. The minimum absolute atomic E-state index is 0.0602. The van der Waals surface area contributed by atoms with Crippen LogP contribution in [0.1, 0.15) is 47.6 Å². The first-order valence-electron chi connectivity index (χ1n) is 12.0. The van der Waals surface area contributed by atoms with E-state index < -0.39 is 0 Å². The van der Waals surface area contributed by atoms with Gasteiger partial charge in [0.2, 0.25) is 5.91 Å². The molecule has 2 aromatic carbocycles. The van der Waals surface area contributed by atoms with Crippen LogP contribution in [0.25, 0.3) is 0 Å². The molecular formula is C27H34N4O4. The smallest absolute Gasteiger partial charge is 0.257 e. The normalized spacial score (nSPS) is 18.9. The number of likely N-dealkylation sites (tertiary alicyclic amines) is 1. The van der Waals surface area contributed by atoms with Crippen LogP contribution >= 0.6 is 0 Å². The highest BCUT2D eigenvalue weighted by molar-refractivity contribution is 6.05. The van der Waals surface area contributed by atoms with E-state index in [2.05, 4.69) is 36.9 Å². The van der Waals surface area contributed by atoms with Gasteiger partial charge in [-0.05, 0) is 63.0 Å². The van der Waals surface area contributed by atoms with E-state index in [1.54, 1.807) is 19.2 Å². The number of benzene rings is 2. The van der Waals surface area contributed by atoms with Crippen LogP contribution in [0.4, 0.5) is 0 Å².